The molecule has 0 aromatic heterocycles. The predicted octanol–water partition coefficient (Wildman–Crippen LogP) is 6.87. The highest BCUT2D eigenvalue weighted by molar-refractivity contribution is 5.76. The Bertz CT molecular complexity index is 723. The van der Waals surface area contributed by atoms with Crippen molar-refractivity contribution in [3.05, 3.63) is 90.5 Å². The van der Waals surface area contributed by atoms with Crippen molar-refractivity contribution in [3.63, 3.8) is 0 Å². The second kappa shape index (κ2) is 7.83. The van der Waals surface area contributed by atoms with Crippen molar-refractivity contribution < 1.29 is 0 Å². The van der Waals surface area contributed by atoms with E-state index in [1.165, 1.54) is 11.1 Å². The molecule has 1 heteroatoms. The molecule has 2 aromatic rings. The third-order valence-corrected chi connectivity index (χ3v) is 3.90. The number of allylic oxidation sites excluding steroid dienone is 5. The number of nitrogens with one attached hydrogen (secondary N) is 1. The van der Waals surface area contributed by atoms with E-state index in [1.807, 2.05) is 25.2 Å². The molecule has 0 saturated heterocycles. The highest BCUT2D eigenvalue weighted by Gasteiger charge is 2.12. The summed E-state index contributed by atoms with van der Waals surface area (Å²) in [6, 6.07) is 17.1. The van der Waals surface area contributed by atoms with Crippen molar-refractivity contribution in [1.29, 1.82) is 0 Å². The summed E-state index contributed by atoms with van der Waals surface area (Å²) in [4.78, 5) is 0. The van der Waals surface area contributed by atoms with Gasteiger partial charge in [-0.25, -0.2) is 0 Å². The maximum atomic E-state index is 3.78. The number of hydrogen-bond acceptors (Lipinski definition) is 1. The van der Waals surface area contributed by atoms with Gasteiger partial charge in [-0.15, -0.1) is 0 Å². The average Bonchev–Trinajstić information content (AvgIpc) is 2.55. The number of hydrogen-bond donors (Lipinski definition) is 1. The lowest BCUT2D eigenvalue weighted by Crippen LogP contribution is -2.10. The SMILES string of the molecule is C=C/C=C(\C=C/C)c1ccc(Nc2ccc(C(C)(C)C)cc2)cc1. The first kappa shape index (κ1) is 17.8. The van der Waals surface area contributed by atoms with E-state index in [4.69, 9.17) is 0 Å². The smallest absolute Gasteiger partial charge is 0.0384 e. The maximum absolute atomic E-state index is 3.78. The van der Waals surface area contributed by atoms with Gasteiger partial charge in [0.2, 0.25) is 0 Å². The monoisotopic (exact) mass is 317 g/mol. The van der Waals surface area contributed by atoms with Crippen molar-refractivity contribution in [2.24, 2.45) is 0 Å². The summed E-state index contributed by atoms with van der Waals surface area (Å²) in [7, 11) is 0. The van der Waals surface area contributed by atoms with Gasteiger partial charge < -0.3 is 5.32 Å². The Morgan fingerprint density at radius 1 is 0.917 bits per heavy atom. The van der Waals surface area contributed by atoms with Gasteiger partial charge in [0.15, 0.2) is 0 Å². The molecule has 0 aliphatic rings. The van der Waals surface area contributed by atoms with Gasteiger partial charge in [0.25, 0.3) is 0 Å². The molecule has 0 radical (unpaired) electrons. The zero-order chi connectivity index (χ0) is 17.6. The fourth-order valence-electron chi connectivity index (χ4n) is 2.52. The van der Waals surface area contributed by atoms with E-state index < -0.39 is 0 Å². The Morgan fingerprint density at radius 2 is 1.46 bits per heavy atom. The van der Waals surface area contributed by atoms with Crippen LogP contribution in [0.15, 0.2) is 79.4 Å². The van der Waals surface area contributed by atoms with Crippen LogP contribution in [0.25, 0.3) is 5.57 Å². The van der Waals surface area contributed by atoms with Gasteiger partial charge in [-0.3, -0.25) is 0 Å². The molecular weight excluding hydrogens is 290 g/mol. The van der Waals surface area contributed by atoms with Gasteiger partial charge in [-0.05, 0) is 53.3 Å². The van der Waals surface area contributed by atoms with Gasteiger partial charge >= 0.3 is 0 Å². The van der Waals surface area contributed by atoms with Gasteiger partial charge in [-0.1, -0.05) is 75.9 Å². The van der Waals surface area contributed by atoms with Crippen LogP contribution in [0.1, 0.15) is 38.8 Å². The number of rotatable bonds is 5. The Hall–Kier alpha value is -2.54. The van der Waals surface area contributed by atoms with Crippen LogP contribution in [-0.4, -0.2) is 0 Å². The summed E-state index contributed by atoms with van der Waals surface area (Å²) < 4.78 is 0. The van der Waals surface area contributed by atoms with Gasteiger partial charge in [0.1, 0.15) is 0 Å². The molecule has 0 atom stereocenters. The van der Waals surface area contributed by atoms with E-state index in [9.17, 15) is 0 Å². The molecule has 2 aromatic carbocycles. The molecule has 0 saturated carbocycles. The first-order valence-electron chi connectivity index (χ1n) is 8.37. The van der Waals surface area contributed by atoms with Crippen LogP contribution in [0, 0.1) is 0 Å². The fourth-order valence-corrected chi connectivity index (χ4v) is 2.52. The average molecular weight is 317 g/mol. The summed E-state index contributed by atoms with van der Waals surface area (Å²) in [5.41, 5.74) is 6.05. The highest BCUT2D eigenvalue weighted by atomic mass is 14.9. The zero-order valence-corrected chi connectivity index (χ0v) is 15.1. The first-order valence-corrected chi connectivity index (χ1v) is 8.37. The topological polar surface area (TPSA) is 12.0 Å². The maximum Gasteiger partial charge on any atom is 0.0384 e. The first-order chi connectivity index (χ1) is 11.4. The van der Waals surface area contributed by atoms with Crippen LogP contribution >= 0.6 is 0 Å². The van der Waals surface area contributed by atoms with E-state index in [0.29, 0.717) is 0 Å². The molecule has 0 aliphatic heterocycles. The minimum Gasteiger partial charge on any atom is -0.356 e. The van der Waals surface area contributed by atoms with E-state index in [1.54, 1.807) is 0 Å². The summed E-state index contributed by atoms with van der Waals surface area (Å²) >= 11 is 0. The zero-order valence-electron chi connectivity index (χ0n) is 15.1. The molecule has 0 aliphatic carbocycles. The van der Waals surface area contributed by atoms with Crippen LogP contribution in [0.3, 0.4) is 0 Å². The second-order valence-corrected chi connectivity index (χ2v) is 6.89. The Kier molecular flexibility index (Phi) is 5.81. The van der Waals surface area contributed by atoms with E-state index in [0.717, 1.165) is 16.9 Å². The van der Waals surface area contributed by atoms with Crippen molar-refractivity contribution in [1.82, 2.24) is 0 Å². The van der Waals surface area contributed by atoms with Crippen molar-refractivity contribution in [2.75, 3.05) is 5.32 Å². The lowest BCUT2D eigenvalue weighted by atomic mass is 9.87. The van der Waals surface area contributed by atoms with E-state index in [-0.39, 0.29) is 5.41 Å². The minimum atomic E-state index is 0.181. The standard InChI is InChI=1S/C23H27N/c1-6-8-18(9-7-2)19-10-14-21(15-11-19)24-22-16-12-20(13-17-22)23(3,4)5/h6-17,24H,1H2,2-5H3/b9-7-,18-8+. The van der Waals surface area contributed by atoms with Crippen molar-refractivity contribution in [3.8, 4) is 0 Å². The Labute approximate surface area is 146 Å². The number of benzene rings is 2. The lowest BCUT2D eigenvalue weighted by molar-refractivity contribution is 0.590. The number of anilines is 2. The van der Waals surface area contributed by atoms with Gasteiger partial charge in [0, 0.05) is 11.4 Å². The molecule has 0 amide bonds. The molecule has 0 bridgehead atoms. The van der Waals surface area contributed by atoms with Crippen LogP contribution in [0.4, 0.5) is 11.4 Å². The Morgan fingerprint density at radius 3 is 1.92 bits per heavy atom. The quantitative estimate of drug-likeness (QED) is 0.593. The molecule has 0 spiro atoms. The minimum absolute atomic E-state index is 0.181. The van der Waals surface area contributed by atoms with E-state index in [2.05, 4.69) is 87.3 Å². The van der Waals surface area contributed by atoms with Crippen LogP contribution < -0.4 is 5.32 Å². The van der Waals surface area contributed by atoms with E-state index >= 15 is 0 Å². The third kappa shape index (κ3) is 4.73. The van der Waals surface area contributed by atoms with Crippen molar-refractivity contribution in [2.45, 2.75) is 33.1 Å². The highest BCUT2D eigenvalue weighted by Crippen LogP contribution is 2.25. The molecule has 124 valence electrons. The molecule has 2 rings (SSSR count). The third-order valence-electron chi connectivity index (χ3n) is 3.90. The predicted molar refractivity (Wildman–Crippen MR) is 108 cm³/mol. The Balaban J connectivity index is 2.14. The molecule has 24 heavy (non-hydrogen) atoms. The summed E-state index contributed by atoms with van der Waals surface area (Å²) in [6.45, 7) is 12.5. The second-order valence-electron chi connectivity index (χ2n) is 6.89. The summed E-state index contributed by atoms with van der Waals surface area (Å²) in [6.07, 6.45) is 7.97. The lowest BCUT2D eigenvalue weighted by Gasteiger charge is -2.19. The molecule has 0 unspecified atom stereocenters. The van der Waals surface area contributed by atoms with Crippen LogP contribution in [0.5, 0.6) is 0 Å². The summed E-state index contributed by atoms with van der Waals surface area (Å²) in [5, 5.41) is 3.46. The molecule has 0 fully saturated rings. The molecular formula is C23H27N. The van der Waals surface area contributed by atoms with Gasteiger partial charge in [-0.2, -0.15) is 0 Å². The fraction of sp³-hybridized carbons (Fsp3) is 0.217. The molecule has 1 nitrogen and oxygen atoms in total. The van der Waals surface area contributed by atoms with Crippen LogP contribution in [0.2, 0.25) is 0 Å². The molecule has 0 heterocycles. The van der Waals surface area contributed by atoms with Crippen LogP contribution in [-0.2, 0) is 5.41 Å². The van der Waals surface area contributed by atoms with Gasteiger partial charge in [0.05, 0.1) is 0 Å². The summed E-state index contributed by atoms with van der Waals surface area (Å²) in [5.74, 6) is 0. The largest absolute Gasteiger partial charge is 0.356 e. The molecule has 1 N–H and O–H groups in total. The normalized spacial score (nSPS) is 12.4. The van der Waals surface area contributed by atoms with Crippen molar-refractivity contribution >= 4 is 16.9 Å².